The fourth-order valence-corrected chi connectivity index (χ4v) is 3.48. The maximum Gasteiger partial charge on any atom is 0.334 e. The first kappa shape index (κ1) is 22.4. The Hall–Kier alpha value is -1.65. The van der Waals surface area contributed by atoms with E-state index in [1.165, 1.54) is 38.5 Å². The Balaban J connectivity index is 1.93. The monoisotopic (exact) mass is 366 g/mol. The van der Waals surface area contributed by atoms with Gasteiger partial charge in [-0.1, -0.05) is 64.4 Å². The molecule has 0 bridgehead atoms. The van der Waals surface area contributed by atoms with Gasteiger partial charge in [-0.2, -0.15) is 0 Å². The second-order valence-electron chi connectivity index (χ2n) is 7.41. The summed E-state index contributed by atoms with van der Waals surface area (Å²) < 4.78 is 5.12. The van der Waals surface area contributed by atoms with Crippen molar-refractivity contribution in [3.05, 3.63) is 12.2 Å². The lowest BCUT2D eigenvalue weighted by Gasteiger charge is -2.13. The van der Waals surface area contributed by atoms with Crippen LogP contribution in [-0.4, -0.2) is 28.9 Å². The van der Waals surface area contributed by atoms with Crippen LogP contribution < -0.4 is 0 Å². The number of carbonyl (C=O) groups is 3. The van der Waals surface area contributed by atoms with Crippen molar-refractivity contribution >= 4 is 17.7 Å². The molecule has 1 unspecified atom stereocenters. The van der Waals surface area contributed by atoms with E-state index in [9.17, 15) is 19.5 Å². The maximum absolute atomic E-state index is 11.4. The molecule has 0 aromatic rings. The van der Waals surface area contributed by atoms with Gasteiger partial charge < -0.3 is 14.6 Å². The van der Waals surface area contributed by atoms with E-state index < -0.39 is 24.0 Å². The first-order chi connectivity index (χ1) is 12.4. The minimum atomic E-state index is -1.02. The van der Waals surface area contributed by atoms with Crippen molar-refractivity contribution in [3.8, 4) is 0 Å². The number of unbranched alkanes of at least 4 members (excludes halogenated alkanes) is 10. The number of esters is 1. The smallest absolute Gasteiger partial charge is 0.334 e. The van der Waals surface area contributed by atoms with Gasteiger partial charge >= 0.3 is 11.9 Å². The average Bonchev–Trinajstić information content (AvgIpc) is 2.86. The Morgan fingerprint density at radius 3 is 1.85 bits per heavy atom. The van der Waals surface area contributed by atoms with Gasteiger partial charge in [0.2, 0.25) is 0 Å². The molecular weight excluding hydrogens is 332 g/mol. The van der Waals surface area contributed by atoms with Gasteiger partial charge in [0, 0.05) is 12.0 Å². The summed E-state index contributed by atoms with van der Waals surface area (Å²) in [5, 5.41) is 9.18. The predicted molar refractivity (Wildman–Crippen MR) is 101 cm³/mol. The topological polar surface area (TPSA) is 80.7 Å². The van der Waals surface area contributed by atoms with Gasteiger partial charge in [0.1, 0.15) is 17.8 Å². The molecule has 1 N–H and O–H groups in total. The Morgan fingerprint density at radius 2 is 1.38 bits per heavy atom. The average molecular weight is 366 g/mol. The third-order valence-electron chi connectivity index (χ3n) is 5.05. The minimum Gasteiger partial charge on any atom is -0.481 e. The highest BCUT2D eigenvalue weighted by Crippen LogP contribution is 2.30. The summed E-state index contributed by atoms with van der Waals surface area (Å²) in [4.78, 5) is 33.5. The normalized spacial score (nSPS) is 19.6. The summed E-state index contributed by atoms with van der Waals surface area (Å²) in [7, 11) is 0. The second-order valence-corrected chi connectivity index (χ2v) is 7.41. The van der Waals surface area contributed by atoms with Crippen LogP contribution in [0.25, 0.3) is 0 Å². The lowest BCUT2D eigenvalue weighted by Crippen LogP contribution is -2.24. The molecule has 26 heavy (non-hydrogen) atoms. The zero-order valence-corrected chi connectivity index (χ0v) is 16.1. The van der Waals surface area contributed by atoms with Crippen molar-refractivity contribution < 1.29 is 24.2 Å². The van der Waals surface area contributed by atoms with E-state index in [0.717, 1.165) is 38.5 Å². The molecule has 1 fully saturated rings. The van der Waals surface area contributed by atoms with Gasteiger partial charge in [0.15, 0.2) is 0 Å². The first-order valence-electron chi connectivity index (χ1n) is 10.1. The number of rotatable bonds is 15. The number of aliphatic carboxylic acids is 1. The molecule has 5 nitrogen and oxygen atoms in total. The Bertz CT molecular complexity index is 483. The lowest BCUT2D eigenvalue weighted by molar-refractivity contribution is -0.144. The Morgan fingerprint density at radius 1 is 0.923 bits per heavy atom. The number of carboxylic acid groups (broad SMARTS) is 1. The summed E-state index contributed by atoms with van der Waals surface area (Å²) >= 11 is 0. The number of carbonyl (C=O) groups excluding carboxylic acids is 2. The molecule has 0 radical (unpaired) electrons. The van der Waals surface area contributed by atoms with Crippen LogP contribution in [0.15, 0.2) is 12.2 Å². The molecule has 148 valence electrons. The van der Waals surface area contributed by atoms with Crippen molar-refractivity contribution in [2.45, 2.75) is 96.5 Å². The van der Waals surface area contributed by atoms with Gasteiger partial charge in [-0.05, 0) is 26.2 Å². The molecule has 0 aliphatic carbocycles. The van der Waals surface area contributed by atoms with E-state index in [1.807, 2.05) is 0 Å². The van der Waals surface area contributed by atoms with E-state index in [-0.39, 0.29) is 5.57 Å². The lowest BCUT2D eigenvalue weighted by atomic mass is 9.93. The van der Waals surface area contributed by atoms with Crippen molar-refractivity contribution in [2.24, 2.45) is 5.92 Å². The summed E-state index contributed by atoms with van der Waals surface area (Å²) in [6, 6.07) is 0. The molecule has 0 spiro atoms. The number of Topliss-reactive ketones (excluding diaryl/α,β-unsaturated/α-hetero) is 1. The molecule has 1 aliphatic heterocycles. The van der Waals surface area contributed by atoms with Gasteiger partial charge in [-0.15, -0.1) is 0 Å². The third-order valence-corrected chi connectivity index (χ3v) is 5.05. The number of hydrogen-bond donors (Lipinski definition) is 1. The number of cyclic esters (lactones) is 1. The number of ether oxygens (including phenoxy) is 1. The molecule has 1 aliphatic rings. The van der Waals surface area contributed by atoms with Crippen LogP contribution in [0.5, 0.6) is 0 Å². The van der Waals surface area contributed by atoms with Gasteiger partial charge in [-0.25, -0.2) is 4.79 Å². The highest BCUT2D eigenvalue weighted by Gasteiger charge is 2.42. The van der Waals surface area contributed by atoms with Crippen LogP contribution in [0, 0.1) is 5.92 Å². The van der Waals surface area contributed by atoms with Crippen LogP contribution in [-0.2, 0) is 19.1 Å². The van der Waals surface area contributed by atoms with Crippen molar-refractivity contribution in [3.63, 3.8) is 0 Å². The molecule has 0 aromatic carbocycles. The fourth-order valence-electron chi connectivity index (χ4n) is 3.48. The zero-order chi connectivity index (χ0) is 19.4. The molecule has 0 saturated carbocycles. The Labute approximate surface area is 157 Å². The standard InChI is InChI=1S/C21H34O5/c1-16(22)14-12-10-8-6-4-3-5-7-9-11-13-15-18-19(20(23)24)17(2)21(25)26-18/h18-19H,2-15H2,1H3,(H,23,24)/t18-,19?/m1/s1. The molecule has 1 saturated heterocycles. The van der Waals surface area contributed by atoms with Crippen molar-refractivity contribution in [1.82, 2.24) is 0 Å². The van der Waals surface area contributed by atoms with E-state index in [4.69, 9.17) is 4.74 Å². The molecule has 0 amide bonds. The Kier molecular flexibility index (Phi) is 10.9. The van der Waals surface area contributed by atoms with E-state index in [1.54, 1.807) is 6.92 Å². The van der Waals surface area contributed by atoms with Gasteiger partial charge in [0.25, 0.3) is 0 Å². The van der Waals surface area contributed by atoms with Gasteiger partial charge in [-0.3, -0.25) is 4.79 Å². The summed E-state index contributed by atoms with van der Waals surface area (Å²) in [5.74, 6) is -2.17. The van der Waals surface area contributed by atoms with Gasteiger partial charge in [0.05, 0.1) is 0 Å². The molecule has 2 atom stereocenters. The highest BCUT2D eigenvalue weighted by molar-refractivity contribution is 5.97. The summed E-state index contributed by atoms with van der Waals surface area (Å²) in [5.41, 5.74) is 0.0730. The number of carboxylic acids is 1. The SMILES string of the molecule is C=C1C(=O)O[C@H](CCCCCCCCCCCCCC(C)=O)C1C(=O)O. The van der Waals surface area contributed by atoms with Crippen LogP contribution in [0.4, 0.5) is 0 Å². The van der Waals surface area contributed by atoms with Crippen molar-refractivity contribution in [2.75, 3.05) is 0 Å². The van der Waals surface area contributed by atoms with E-state index in [2.05, 4.69) is 6.58 Å². The van der Waals surface area contributed by atoms with E-state index >= 15 is 0 Å². The van der Waals surface area contributed by atoms with Crippen LogP contribution in [0.2, 0.25) is 0 Å². The first-order valence-corrected chi connectivity index (χ1v) is 10.1. The fraction of sp³-hybridized carbons (Fsp3) is 0.762. The molecule has 5 heteroatoms. The summed E-state index contributed by atoms with van der Waals surface area (Å²) in [6.45, 7) is 5.19. The molecule has 1 rings (SSSR count). The van der Waals surface area contributed by atoms with Crippen LogP contribution in [0.1, 0.15) is 90.4 Å². The number of hydrogen-bond acceptors (Lipinski definition) is 4. The van der Waals surface area contributed by atoms with E-state index in [0.29, 0.717) is 12.2 Å². The third kappa shape index (κ3) is 8.63. The van der Waals surface area contributed by atoms with Crippen molar-refractivity contribution in [1.29, 1.82) is 0 Å². The predicted octanol–water partition coefficient (Wildman–Crippen LogP) is 4.83. The summed E-state index contributed by atoms with van der Waals surface area (Å²) in [6.07, 6.45) is 13.5. The van der Waals surface area contributed by atoms with Crippen LogP contribution >= 0.6 is 0 Å². The quantitative estimate of drug-likeness (QED) is 0.255. The zero-order valence-electron chi connectivity index (χ0n) is 16.1. The number of ketones is 1. The largest absolute Gasteiger partial charge is 0.481 e. The molecule has 1 heterocycles. The molecule has 0 aromatic heterocycles. The highest BCUT2D eigenvalue weighted by atomic mass is 16.6. The minimum absolute atomic E-state index is 0.0730. The molecular formula is C21H34O5. The second kappa shape index (κ2) is 12.7. The van der Waals surface area contributed by atoms with Crippen LogP contribution in [0.3, 0.4) is 0 Å². The maximum atomic E-state index is 11.4.